The molecule has 1 aliphatic rings. The lowest BCUT2D eigenvalue weighted by Gasteiger charge is -2.32. The molecule has 2 aromatic heterocycles. The number of carbonyl (C=O) groups is 1. The van der Waals surface area contributed by atoms with E-state index in [1.54, 1.807) is 10.9 Å². The highest BCUT2D eigenvalue weighted by Crippen LogP contribution is 2.24. The van der Waals surface area contributed by atoms with Gasteiger partial charge in [0.25, 0.3) is 0 Å². The van der Waals surface area contributed by atoms with E-state index in [0.717, 1.165) is 21.4 Å². The van der Waals surface area contributed by atoms with Gasteiger partial charge in [-0.1, -0.05) is 19.8 Å². The van der Waals surface area contributed by atoms with Gasteiger partial charge in [-0.05, 0) is 55.6 Å². The Morgan fingerprint density at radius 2 is 2.10 bits per heavy atom. The molecule has 29 heavy (non-hydrogen) atoms. The first-order valence-electron chi connectivity index (χ1n) is 14.1. The topological polar surface area (TPSA) is 63.9 Å². The Labute approximate surface area is 184 Å². The molecular weight excluding hydrogens is 362 g/mol. The number of carbonyl (C=O) groups excluding carboxylic acids is 1. The van der Waals surface area contributed by atoms with Crippen LogP contribution >= 0.6 is 0 Å². The summed E-state index contributed by atoms with van der Waals surface area (Å²) < 4.78 is 72.4. The van der Waals surface area contributed by atoms with E-state index in [1.807, 2.05) is 37.5 Å². The number of nitrogens with zero attached hydrogens (tertiary/aromatic N) is 5. The van der Waals surface area contributed by atoms with Crippen molar-refractivity contribution in [3.63, 3.8) is 0 Å². The monoisotopic (exact) mass is 400 g/mol. The fourth-order valence-corrected chi connectivity index (χ4v) is 3.72. The van der Waals surface area contributed by atoms with E-state index in [9.17, 15) is 4.79 Å². The molecular formula is C23H29N5O. The predicted octanol–water partition coefficient (Wildman–Crippen LogP) is 3.51. The Morgan fingerprint density at radius 1 is 1.28 bits per heavy atom. The van der Waals surface area contributed by atoms with Crippen molar-refractivity contribution in [1.82, 2.24) is 24.9 Å². The van der Waals surface area contributed by atoms with Crippen LogP contribution in [0.3, 0.4) is 0 Å². The van der Waals surface area contributed by atoms with Crippen LogP contribution in [0.4, 0.5) is 0 Å². The van der Waals surface area contributed by atoms with Gasteiger partial charge in [-0.3, -0.25) is 9.48 Å². The average Bonchev–Trinajstić information content (AvgIpc) is 3.28. The summed E-state index contributed by atoms with van der Waals surface area (Å²) >= 11 is 0. The summed E-state index contributed by atoms with van der Waals surface area (Å²) in [4.78, 5) is 14.1. The average molecular weight is 401 g/mol. The molecule has 1 fully saturated rings. The summed E-state index contributed by atoms with van der Waals surface area (Å²) in [6.07, 6.45) is 4.11. The summed E-state index contributed by atoms with van der Waals surface area (Å²) in [5.41, 5.74) is 3.09. The minimum atomic E-state index is -3.39. The Kier molecular flexibility index (Phi) is 3.35. The van der Waals surface area contributed by atoms with E-state index in [0.29, 0.717) is 11.2 Å². The number of ketones is 1. The highest BCUT2D eigenvalue weighted by atomic mass is 16.1. The SMILES string of the molecule is [2H]C([2H])([2H])C([2H])(C([2H])([2H])[2H])C([2H])([2H])N1CCC(C(=O)Cc2cc3cc(-c4cnn(C)c4)ccc3nn2)CC1. The minimum Gasteiger partial charge on any atom is -0.303 e. The Hall–Kier alpha value is -2.60. The molecule has 3 heterocycles. The van der Waals surface area contributed by atoms with Crippen molar-refractivity contribution >= 4 is 16.7 Å². The molecule has 1 aliphatic heterocycles. The molecule has 0 spiro atoms. The zero-order chi connectivity index (χ0) is 28.1. The number of fused-ring (bicyclic) bond motifs is 1. The second kappa shape index (κ2) is 8.41. The second-order valence-electron chi connectivity index (χ2n) is 7.40. The maximum absolute atomic E-state index is 13.1. The molecule has 4 rings (SSSR count). The van der Waals surface area contributed by atoms with Crippen LogP contribution < -0.4 is 0 Å². The number of likely N-dealkylation sites (tertiary alicyclic amines) is 1. The molecule has 0 bridgehead atoms. The van der Waals surface area contributed by atoms with Gasteiger partial charge in [0.05, 0.1) is 23.8 Å². The molecule has 152 valence electrons. The molecule has 6 nitrogen and oxygen atoms in total. The van der Waals surface area contributed by atoms with Crippen LogP contribution in [-0.2, 0) is 18.3 Å². The normalized spacial score (nSPS) is 22.3. The lowest BCUT2D eigenvalue weighted by Crippen LogP contribution is -2.38. The van der Waals surface area contributed by atoms with Crippen LogP contribution in [0.15, 0.2) is 36.7 Å². The van der Waals surface area contributed by atoms with Crippen LogP contribution in [-0.4, -0.2) is 50.2 Å². The number of hydrogen-bond acceptors (Lipinski definition) is 5. The van der Waals surface area contributed by atoms with Gasteiger partial charge in [-0.25, -0.2) is 0 Å². The van der Waals surface area contributed by atoms with Crippen molar-refractivity contribution in [2.75, 3.05) is 19.6 Å². The lowest BCUT2D eigenvalue weighted by atomic mass is 9.90. The zero-order valence-corrected chi connectivity index (χ0v) is 16.2. The van der Waals surface area contributed by atoms with E-state index in [1.165, 1.54) is 0 Å². The van der Waals surface area contributed by atoms with Crippen molar-refractivity contribution in [2.45, 2.75) is 33.0 Å². The fourth-order valence-electron chi connectivity index (χ4n) is 3.72. The van der Waals surface area contributed by atoms with Gasteiger partial charge in [0.1, 0.15) is 5.78 Å². The summed E-state index contributed by atoms with van der Waals surface area (Å²) in [5.74, 6) is -3.88. The summed E-state index contributed by atoms with van der Waals surface area (Å²) in [7, 11) is 1.84. The number of benzene rings is 1. The van der Waals surface area contributed by atoms with E-state index < -0.39 is 32.0 Å². The molecule has 0 aliphatic carbocycles. The van der Waals surface area contributed by atoms with Crippen molar-refractivity contribution in [3.8, 4) is 11.1 Å². The van der Waals surface area contributed by atoms with Crippen molar-refractivity contribution < 1.29 is 17.1 Å². The first-order chi connectivity index (χ1) is 17.5. The van der Waals surface area contributed by atoms with Gasteiger partial charge in [0, 0.05) is 48.9 Å². The van der Waals surface area contributed by atoms with Crippen LogP contribution in [0.5, 0.6) is 0 Å². The molecule has 0 amide bonds. The predicted molar refractivity (Wildman–Crippen MR) is 114 cm³/mol. The smallest absolute Gasteiger partial charge is 0.142 e. The van der Waals surface area contributed by atoms with Crippen molar-refractivity contribution in [3.05, 3.63) is 42.4 Å². The van der Waals surface area contributed by atoms with Gasteiger partial charge in [-0.2, -0.15) is 15.3 Å². The Bertz CT molecular complexity index is 1310. The lowest BCUT2D eigenvalue weighted by molar-refractivity contribution is -0.123. The third-order valence-electron chi connectivity index (χ3n) is 5.25. The second-order valence-corrected chi connectivity index (χ2v) is 7.40. The van der Waals surface area contributed by atoms with Crippen molar-refractivity contribution in [1.29, 1.82) is 0 Å². The number of Topliss-reactive ketones (excluding diaryl/α,β-unsaturated/α-hetero) is 1. The van der Waals surface area contributed by atoms with Crippen LogP contribution in [0.25, 0.3) is 22.0 Å². The van der Waals surface area contributed by atoms with Gasteiger partial charge in [0.2, 0.25) is 0 Å². The maximum atomic E-state index is 13.1. The third-order valence-corrected chi connectivity index (χ3v) is 5.25. The minimum absolute atomic E-state index is 0.0323. The molecule has 0 N–H and O–H groups in total. The summed E-state index contributed by atoms with van der Waals surface area (Å²) in [6.45, 7) is -9.84. The number of hydrogen-bond donors (Lipinski definition) is 0. The van der Waals surface area contributed by atoms with E-state index in [4.69, 9.17) is 12.3 Å². The number of rotatable bonds is 6. The number of aryl methyl sites for hydroxylation is 1. The van der Waals surface area contributed by atoms with Crippen molar-refractivity contribution in [2.24, 2.45) is 18.9 Å². The van der Waals surface area contributed by atoms with Gasteiger partial charge in [-0.15, -0.1) is 0 Å². The first kappa shape index (κ1) is 11.6. The summed E-state index contributed by atoms with van der Waals surface area (Å²) in [5, 5.41) is 13.4. The summed E-state index contributed by atoms with van der Waals surface area (Å²) in [6, 6.07) is 7.55. The molecule has 0 saturated carbocycles. The molecule has 0 atom stereocenters. The van der Waals surface area contributed by atoms with E-state index in [2.05, 4.69) is 15.3 Å². The van der Waals surface area contributed by atoms with E-state index >= 15 is 0 Å². The standard InChI is InChI=1S/C23H29N5O/c1-16(2)14-28-8-6-17(7-9-28)23(29)12-21-11-19-10-18(4-5-22(19)26-25-21)20-13-24-27(3)15-20/h4-5,10-11,13,15-17H,6-9,12,14H2,1-3H3/i1D3,2D3,14D2,16D. The molecule has 1 saturated heterocycles. The van der Waals surface area contributed by atoms with Gasteiger partial charge >= 0.3 is 0 Å². The van der Waals surface area contributed by atoms with Gasteiger partial charge < -0.3 is 4.90 Å². The number of piperidine rings is 1. The molecule has 0 radical (unpaired) electrons. The molecule has 3 aromatic rings. The Morgan fingerprint density at radius 3 is 2.83 bits per heavy atom. The third kappa shape index (κ3) is 4.70. The van der Waals surface area contributed by atoms with Crippen LogP contribution in [0, 0.1) is 11.8 Å². The highest BCUT2D eigenvalue weighted by molar-refractivity contribution is 5.86. The molecule has 6 heteroatoms. The Balaban J connectivity index is 1.45. The fraction of sp³-hybridized carbons (Fsp3) is 0.478. The number of aromatic nitrogens is 4. The zero-order valence-electron chi connectivity index (χ0n) is 25.2. The van der Waals surface area contributed by atoms with Gasteiger partial charge in [0.15, 0.2) is 0 Å². The molecule has 1 aromatic carbocycles. The largest absolute Gasteiger partial charge is 0.303 e. The quantitative estimate of drug-likeness (QED) is 0.634. The van der Waals surface area contributed by atoms with E-state index in [-0.39, 0.29) is 38.1 Å². The van der Waals surface area contributed by atoms with Crippen LogP contribution in [0.2, 0.25) is 0 Å². The first-order valence-corrected chi connectivity index (χ1v) is 9.58. The maximum Gasteiger partial charge on any atom is 0.142 e. The molecule has 0 unspecified atom stereocenters. The highest BCUT2D eigenvalue weighted by Gasteiger charge is 2.25. The van der Waals surface area contributed by atoms with Crippen LogP contribution in [0.1, 0.15) is 44.6 Å².